The van der Waals surface area contributed by atoms with Gasteiger partial charge in [-0.1, -0.05) is 46.5 Å². The zero-order chi connectivity index (χ0) is 15.5. The van der Waals surface area contributed by atoms with E-state index in [1.807, 2.05) is 4.90 Å². The molecule has 0 aromatic heterocycles. The van der Waals surface area contributed by atoms with E-state index >= 15 is 0 Å². The Morgan fingerprint density at radius 2 is 1.95 bits per heavy atom. The van der Waals surface area contributed by atoms with Crippen molar-refractivity contribution in [3.05, 3.63) is 0 Å². The number of nitrogens with zero attached hydrogens (tertiary/aromatic N) is 1. The first-order valence-electron chi connectivity index (χ1n) is 8.53. The maximum atomic E-state index is 12.8. The SMILES string of the molecule is CCC(C)C1NC(=O)CCN(CC2(C)CCCCC2)C1=O. The lowest BCUT2D eigenvalue weighted by molar-refractivity contribution is -0.136. The maximum Gasteiger partial charge on any atom is 0.245 e. The lowest BCUT2D eigenvalue weighted by Gasteiger charge is -2.39. The summed E-state index contributed by atoms with van der Waals surface area (Å²) in [6.45, 7) is 7.81. The predicted molar refractivity (Wildman–Crippen MR) is 83.8 cm³/mol. The molecule has 1 aliphatic carbocycles. The molecule has 1 aliphatic heterocycles. The topological polar surface area (TPSA) is 49.4 Å². The molecule has 1 saturated carbocycles. The first-order chi connectivity index (χ1) is 9.95. The number of hydrogen-bond acceptors (Lipinski definition) is 2. The molecule has 0 radical (unpaired) electrons. The molecule has 2 aliphatic rings. The second kappa shape index (κ2) is 6.80. The summed E-state index contributed by atoms with van der Waals surface area (Å²) in [6, 6.07) is -0.336. The molecule has 1 N–H and O–H groups in total. The first-order valence-corrected chi connectivity index (χ1v) is 8.53. The van der Waals surface area contributed by atoms with Crippen LogP contribution in [-0.2, 0) is 9.59 Å². The molecule has 2 unspecified atom stereocenters. The lowest BCUT2D eigenvalue weighted by atomic mass is 9.75. The van der Waals surface area contributed by atoms with E-state index in [0.717, 1.165) is 13.0 Å². The molecule has 2 rings (SSSR count). The molecule has 1 saturated heterocycles. The van der Waals surface area contributed by atoms with Gasteiger partial charge in [0.25, 0.3) is 0 Å². The number of carbonyl (C=O) groups is 2. The summed E-state index contributed by atoms with van der Waals surface area (Å²) in [5, 5.41) is 2.93. The summed E-state index contributed by atoms with van der Waals surface area (Å²) in [5.74, 6) is 0.341. The van der Waals surface area contributed by atoms with E-state index in [-0.39, 0.29) is 29.2 Å². The summed E-state index contributed by atoms with van der Waals surface area (Å²) >= 11 is 0. The summed E-state index contributed by atoms with van der Waals surface area (Å²) in [5.41, 5.74) is 0.237. The van der Waals surface area contributed by atoms with Crippen LogP contribution < -0.4 is 5.32 Å². The highest BCUT2D eigenvalue weighted by atomic mass is 16.2. The second-order valence-corrected chi connectivity index (χ2v) is 7.31. The first kappa shape index (κ1) is 16.3. The van der Waals surface area contributed by atoms with Crippen LogP contribution in [0.15, 0.2) is 0 Å². The molecule has 4 nitrogen and oxygen atoms in total. The third kappa shape index (κ3) is 3.98. The highest BCUT2D eigenvalue weighted by Crippen LogP contribution is 2.36. The van der Waals surface area contributed by atoms with Crippen LogP contribution in [0.4, 0.5) is 0 Å². The summed E-state index contributed by atoms with van der Waals surface area (Å²) < 4.78 is 0. The van der Waals surface area contributed by atoms with Gasteiger partial charge < -0.3 is 10.2 Å². The second-order valence-electron chi connectivity index (χ2n) is 7.31. The van der Waals surface area contributed by atoms with Crippen LogP contribution in [0.25, 0.3) is 0 Å². The van der Waals surface area contributed by atoms with Crippen molar-refractivity contribution < 1.29 is 9.59 Å². The van der Waals surface area contributed by atoms with E-state index in [1.54, 1.807) is 0 Å². The van der Waals surface area contributed by atoms with Crippen LogP contribution in [0, 0.1) is 11.3 Å². The monoisotopic (exact) mass is 294 g/mol. The molecule has 120 valence electrons. The number of nitrogens with one attached hydrogen (secondary N) is 1. The molecule has 0 aromatic carbocycles. The van der Waals surface area contributed by atoms with Crippen LogP contribution in [0.1, 0.15) is 65.7 Å². The molecule has 21 heavy (non-hydrogen) atoms. The molecule has 0 bridgehead atoms. The van der Waals surface area contributed by atoms with Crippen molar-refractivity contribution in [2.75, 3.05) is 13.1 Å². The van der Waals surface area contributed by atoms with Gasteiger partial charge >= 0.3 is 0 Å². The van der Waals surface area contributed by atoms with E-state index < -0.39 is 0 Å². The van der Waals surface area contributed by atoms with Crippen LogP contribution in [0.5, 0.6) is 0 Å². The largest absolute Gasteiger partial charge is 0.344 e. The molecular formula is C17H30N2O2. The van der Waals surface area contributed by atoms with Crippen molar-refractivity contribution in [1.29, 1.82) is 0 Å². The van der Waals surface area contributed by atoms with Gasteiger partial charge in [-0.15, -0.1) is 0 Å². The minimum Gasteiger partial charge on any atom is -0.344 e. The van der Waals surface area contributed by atoms with Crippen molar-refractivity contribution in [2.45, 2.75) is 71.8 Å². The Labute approximate surface area is 128 Å². The zero-order valence-corrected chi connectivity index (χ0v) is 13.8. The molecule has 0 spiro atoms. The van der Waals surface area contributed by atoms with Crippen molar-refractivity contribution in [2.24, 2.45) is 11.3 Å². The molecule has 2 amide bonds. The Hall–Kier alpha value is -1.06. The zero-order valence-electron chi connectivity index (χ0n) is 13.8. The summed E-state index contributed by atoms with van der Waals surface area (Å²) in [6.07, 6.45) is 7.60. The minimum absolute atomic E-state index is 0.0185. The summed E-state index contributed by atoms with van der Waals surface area (Å²) in [7, 11) is 0. The van der Waals surface area contributed by atoms with Crippen molar-refractivity contribution in [3.63, 3.8) is 0 Å². The molecule has 4 heteroatoms. The van der Waals surface area contributed by atoms with Crippen molar-refractivity contribution in [3.8, 4) is 0 Å². The predicted octanol–water partition coefficient (Wildman–Crippen LogP) is 2.72. The number of amides is 2. The fourth-order valence-corrected chi connectivity index (χ4v) is 3.65. The van der Waals surface area contributed by atoms with Crippen LogP contribution in [-0.4, -0.2) is 35.8 Å². The lowest BCUT2D eigenvalue weighted by Crippen LogP contribution is -2.50. The van der Waals surface area contributed by atoms with Crippen LogP contribution in [0.2, 0.25) is 0 Å². The van der Waals surface area contributed by atoms with Crippen LogP contribution in [0.3, 0.4) is 0 Å². The van der Waals surface area contributed by atoms with Gasteiger partial charge in [-0.05, 0) is 24.2 Å². The fourth-order valence-electron chi connectivity index (χ4n) is 3.65. The smallest absolute Gasteiger partial charge is 0.245 e. The Morgan fingerprint density at radius 3 is 2.57 bits per heavy atom. The fraction of sp³-hybridized carbons (Fsp3) is 0.882. The average molecular weight is 294 g/mol. The van der Waals surface area contributed by atoms with Gasteiger partial charge in [0.05, 0.1) is 0 Å². The Kier molecular flexibility index (Phi) is 5.28. The molecule has 2 fully saturated rings. The van der Waals surface area contributed by atoms with Gasteiger partial charge in [-0.3, -0.25) is 9.59 Å². The van der Waals surface area contributed by atoms with E-state index in [4.69, 9.17) is 0 Å². The van der Waals surface area contributed by atoms with Crippen molar-refractivity contribution >= 4 is 11.8 Å². The van der Waals surface area contributed by atoms with E-state index in [2.05, 4.69) is 26.1 Å². The molecular weight excluding hydrogens is 264 g/mol. The molecule has 0 aromatic rings. The normalized spacial score (nSPS) is 28.0. The van der Waals surface area contributed by atoms with E-state index in [0.29, 0.717) is 13.0 Å². The van der Waals surface area contributed by atoms with Gasteiger partial charge in [0.1, 0.15) is 6.04 Å². The van der Waals surface area contributed by atoms with Gasteiger partial charge in [0, 0.05) is 19.5 Å². The minimum atomic E-state index is -0.336. The Balaban J connectivity index is 2.09. The Morgan fingerprint density at radius 1 is 1.29 bits per heavy atom. The standard InChI is InChI=1S/C17H30N2O2/c1-4-13(2)15-16(21)19(11-8-14(20)18-15)12-17(3)9-6-5-7-10-17/h13,15H,4-12H2,1-3H3,(H,18,20). The number of rotatable bonds is 4. The molecule has 2 atom stereocenters. The highest BCUT2D eigenvalue weighted by molar-refractivity contribution is 5.90. The van der Waals surface area contributed by atoms with E-state index in [9.17, 15) is 9.59 Å². The Bertz CT molecular complexity index is 388. The molecule has 1 heterocycles. The van der Waals surface area contributed by atoms with Crippen LogP contribution >= 0.6 is 0 Å². The third-order valence-electron chi connectivity index (χ3n) is 5.35. The quantitative estimate of drug-likeness (QED) is 0.866. The highest BCUT2D eigenvalue weighted by Gasteiger charge is 2.37. The number of carbonyl (C=O) groups excluding carboxylic acids is 2. The van der Waals surface area contributed by atoms with Gasteiger partial charge in [-0.2, -0.15) is 0 Å². The van der Waals surface area contributed by atoms with Gasteiger partial charge in [0.15, 0.2) is 0 Å². The van der Waals surface area contributed by atoms with Crippen molar-refractivity contribution in [1.82, 2.24) is 10.2 Å². The van der Waals surface area contributed by atoms with E-state index in [1.165, 1.54) is 32.1 Å². The average Bonchev–Trinajstić information content (AvgIpc) is 2.60. The third-order valence-corrected chi connectivity index (χ3v) is 5.35. The van der Waals surface area contributed by atoms with Gasteiger partial charge in [-0.25, -0.2) is 0 Å². The maximum absolute atomic E-state index is 12.8. The summed E-state index contributed by atoms with van der Waals surface area (Å²) in [4.78, 5) is 26.7. The number of hydrogen-bond donors (Lipinski definition) is 1. The van der Waals surface area contributed by atoms with Gasteiger partial charge in [0.2, 0.25) is 11.8 Å².